The molecule has 0 radical (unpaired) electrons. The molecule has 0 aliphatic carbocycles. The Labute approximate surface area is 121 Å². The summed E-state index contributed by atoms with van der Waals surface area (Å²) in [5.74, 6) is 0. The monoisotopic (exact) mass is 266 g/mol. The van der Waals surface area contributed by atoms with Crippen LogP contribution < -0.4 is 5.73 Å². The van der Waals surface area contributed by atoms with Gasteiger partial charge in [-0.25, -0.2) is 0 Å². The summed E-state index contributed by atoms with van der Waals surface area (Å²) in [7, 11) is 0. The zero-order chi connectivity index (χ0) is 13.8. The van der Waals surface area contributed by atoms with Gasteiger partial charge >= 0.3 is 0 Å². The number of hydrogen-bond acceptors (Lipinski definition) is 2. The van der Waals surface area contributed by atoms with Gasteiger partial charge in [-0.05, 0) is 24.0 Å². The van der Waals surface area contributed by atoms with E-state index in [0.29, 0.717) is 12.1 Å². The first-order valence-corrected chi connectivity index (χ1v) is 7.41. The fraction of sp³-hybridized carbons (Fsp3) is 0.333. The molecule has 3 rings (SSSR count). The highest BCUT2D eigenvalue weighted by Crippen LogP contribution is 2.31. The van der Waals surface area contributed by atoms with Crippen molar-refractivity contribution in [2.24, 2.45) is 5.73 Å². The minimum Gasteiger partial charge on any atom is -0.327 e. The molecule has 1 aliphatic rings. The molecule has 20 heavy (non-hydrogen) atoms. The zero-order valence-electron chi connectivity index (χ0n) is 11.8. The van der Waals surface area contributed by atoms with Gasteiger partial charge in [0.2, 0.25) is 0 Å². The lowest BCUT2D eigenvalue weighted by Crippen LogP contribution is -2.44. The maximum Gasteiger partial charge on any atom is 0.0352 e. The van der Waals surface area contributed by atoms with E-state index in [-0.39, 0.29) is 0 Å². The Balaban J connectivity index is 1.80. The highest BCUT2D eigenvalue weighted by atomic mass is 15.2. The second-order valence-corrected chi connectivity index (χ2v) is 5.68. The van der Waals surface area contributed by atoms with E-state index < -0.39 is 0 Å². The van der Waals surface area contributed by atoms with Crippen LogP contribution in [0.4, 0.5) is 0 Å². The van der Waals surface area contributed by atoms with E-state index in [1.807, 2.05) is 0 Å². The van der Waals surface area contributed by atoms with Crippen LogP contribution in [0.25, 0.3) is 0 Å². The van der Waals surface area contributed by atoms with Crippen molar-refractivity contribution in [2.45, 2.75) is 31.5 Å². The molecule has 2 atom stereocenters. The summed E-state index contributed by atoms with van der Waals surface area (Å²) in [6.45, 7) is 1.96. The SMILES string of the molecule is NC1CCC(c2ccccc2)N(Cc2ccccc2)C1. The van der Waals surface area contributed by atoms with Crippen molar-refractivity contribution in [1.29, 1.82) is 0 Å². The molecule has 0 saturated carbocycles. The molecule has 2 heteroatoms. The second-order valence-electron chi connectivity index (χ2n) is 5.68. The standard InChI is InChI=1S/C18H22N2/c19-17-11-12-18(16-9-5-2-6-10-16)20(14-17)13-15-7-3-1-4-8-15/h1-10,17-18H,11-14,19H2. The van der Waals surface area contributed by atoms with E-state index in [9.17, 15) is 0 Å². The van der Waals surface area contributed by atoms with Crippen LogP contribution in [0, 0.1) is 0 Å². The molecule has 2 unspecified atom stereocenters. The summed E-state index contributed by atoms with van der Waals surface area (Å²) in [6, 6.07) is 22.3. The van der Waals surface area contributed by atoms with Gasteiger partial charge in [-0.2, -0.15) is 0 Å². The van der Waals surface area contributed by atoms with Gasteiger partial charge in [-0.1, -0.05) is 60.7 Å². The van der Waals surface area contributed by atoms with Gasteiger partial charge in [0.1, 0.15) is 0 Å². The molecule has 0 aromatic heterocycles. The number of hydrogen-bond donors (Lipinski definition) is 1. The van der Waals surface area contributed by atoms with Crippen molar-refractivity contribution < 1.29 is 0 Å². The molecule has 2 aromatic carbocycles. The first-order chi connectivity index (χ1) is 9.83. The molecule has 104 valence electrons. The Morgan fingerprint density at radius 3 is 2.25 bits per heavy atom. The van der Waals surface area contributed by atoms with Crippen LogP contribution in [-0.2, 0) is 6.54 Å². The first kappa shape index (κ1) is 13.3. The molecular weight excluding hydrogens is 244 g/mol. The Kier molecular flexibility index (Phi) is 4.14. The van der Waals surface area contributed by atoms with Gasteiger partial charge in [0.05, 0.1) is 0 Å². The second kappa shape index (κ2) is 6.21. The van der Waals surface area contributed by atoms with Crippen molar-refractivity contribution in [2.75, 3.05) is 6.54 Å². The largest absolute Gasteiger partial charge is 0.327 e. The van der Waals surface area contributed by atoms with Crippen LogP contribution in [0.2, 0.25) is 0 Å². The fourth-order valence-electron chi connectivity index (χ4n) is 3.12. The normalized spacial score (nSPS) is 23.6. The fourth-order valence-corrected chi connectivity index (χ4v) is 3.12. The first-order valence-electron chi connectivity index (χ1n) is 7.41. The van der Waals surface area contributed by atoms with Gasteiger partial charge in [-0.15, -0.1) is 0 Å². The maximum atomic E-state index is 6.18. The van der Waals surface area contributed by atoms with E-state index in [4.69, 9.17) is 5.73 Å². The number of benzene rings is 2. The summed E-state index contributed by atoms with van der Waals surface area (Å²) in [5.41, 5.74) is 8.95. The molecule has 1 saturated heterocycles. The Hall–Kier alpha value is -1.64. The smallest absolute Gasteiger partial charge is 0.0352 e. The van der Waals surface area contributed by atoms with Crippen LogP contribution >= 0.6 is 0 Å². The summed E-state index contributed by atoms with van der Waals surface area (Å²) in [5, 5.41) is 0. The van der Waals surface area contributed by atoms with Crippen molar-refractivity contribution >= 4 is 0 Å². The lowest BCUT2D eigenvalue weighted by molar-refractivity contribution is 0.126. The Morgan fingerprint density at radius 1 is 0.900 bits per heavy atom. The van der Waals surface area contributed by atoms with Crippen LogP contribution in [0.15, 0.2) is 60.7 Å². The zero-order valence-corrected chi connectivity index (χ0v) is 11.8. The molecule has 1 heterocycles. The molecule has 0 bridgehead atoms. The van der Waals surface area contributed by atoms with Crippen molar-refractivity contribution in [3.63, 3.8) is 0 Å². The summed E-state index contributed by atoms with van der Waals surface area (Å²) in [4.78, 5) is 2.53. The number of nitrogens with two attached hydrogens (primary N) is 1. The predicted molar refractivity (Wildman–Crippen MR) is 83.2 cm³/mol. The minimum atomic E-state index is 0.304. The lowest BCUT2D eigenvalue weighted by atomic mass is 9.92. The lowest BCUT2D eigenvalue weighted by Gasteiger charge is -2.39. The van der Waals surface area contributed by atoms with Crippen molar-refractivity contribution in [3.05, 3.63) is 71.8 Å². The summed E-state index contributed by atoms with van der Waals surface area (Å²) in [6.07, 6.45) is 2.27. The number of nitrogens with zero attached hydrogens (tertiary/aromatic N) is 1. The minimum absolute atomic E-state index is 0.304. The third-order valence-electron chi connectivity index (χ3n) is 4.13. The Bertz CT molecular complexity index is 524. The molecular formula is C18H22N2. The average molecular weight is 266 g/mol. The van der Waals surface area contributed by atoms with Gasteiger partial charge in [0.15, 0.2) is 0 Å². The highest BCUT2D eigenvalue weighted by Gasteiger charge is 2.27. The summed E-state index contributed by atoms with van der Waals surface area (Å²) < 4.78 is 0. The number of rotatable bonds is 3. The highest BCUT2D eigenvalue weighted by molar-refractivity contribution is 5.21. The predicted octanol–water partition coefficient (Wildman–Crippen LogP) is 3.35. The third kappa shape index (κ3) is 3.09. The topological polar surface area (TPSA) is 29.3 Å². The van der Waals surface area contributed by atoms with E-state index in [1.54, 1.807) is 0 Å². The van der Waals surface area contributed by atoms with Crippen LogP contribution in [-0.4, -0.2) is 17.5 Å². The third-order valence-corrected chi connectivity index (χ3v) is 4.13. The summed E-state index contributed by atoms with van der Waals surface area (Å²) >= 11 is 0. The van der Waals surface area contributed by atoms with Gasteiger partial charge in [0, 0.05) is 25.2 Å². The van der Waals surface area contributed by atoms with Crippen molar-refractivity contribution in [3.8, 4) is 0 Å². The molecule has 1 fully saturated rings. The van der Waals surface area contributed by atoms with Crippen molar-refractivity contribution in [1.82, 2.24) is 4.90 Å². The molecule has 0 spiro atoms. The molecule has 1 aliphatic heterocycles. The van der Waals surface area contributed by atoms with E-state index >= 15 is 0 Å². The van der Waals surface area contributed by atoms with Gasteiger partial charge in [-0.3, -0.25) is 4.90 Å². The quantitative estimate of drug-likeness (QED) is 0.923. The molecule has 0 amide bonds. The van der Waals surface area contributed by atoms with E-state index in [1.165, 1.54) is 11.1 Å². The Morgan fingerprint density at radius 2 is 1.55 bits per heavy atom. The number of piperidine rings is 1. The van der Waals surface area contributed by atoms with Crippen LogP contribution in [0.3, 0.4) is 0 Å². The van der Waals surface area contributed by atoms with Crippen LogP contribution in [0.1, 0.15) is 30.0 Å². The van der Waals surface area contributed by atoms with E-state index in [2.05, 4.69) is 65.6 Å². The maximum absolute atomic E-state index is 6.18. The van der Waals surface area contributed by atoms with Crippen LogP contribution in [0.5, 0.6) is 0 Å². The molecule has 2 N–H and O–H groups in total. The van der Waals surface area contributed by atoms with Gasteiger partial charge in [0.25, 0.3) is 0 Å². The molecule has 2 nitrogen and oxygen atoms in total. The number of likely N-dealkylation sites (tertiary alicyclic amines) is 1. The molecule has 2 aromatic rings. The average Bonchev–Trinajstić information content (AvgIpc) is 2.49. The van der Waals surface area contributed by atoms with Gasteiger partial charge < -0.3 is 5.73 Å². The van der Waals surface area contributed by atoms with E-state index in [0.717, 1.165) is 25.9 Å².